The molecular weight excluding hydrogens is 871 g/mol. The standard InChI is InChI=1S/C58H101NO10/c1-4-7-10-13-16-19-22-24-25-26-28-30-33-36-39-42-45-51(62)57(66)59-49(50(61)44-41-38-35-32-29-21-18-15-12-9-6-3)48-67-58-56(55(65)54(64)52(47-60)68-58)69-53(63)46-43-40-37-34-31-27-23-20-17-14-11-8-5-2/h7,10,16,19,24-25,28,30,36,39,41,44,49-52,54-56,58,60-62,64-65H,4-6,8-9,11-15,17-18,20-23,26-27,29,31-35,37-38,40,42-43,45-48H2,1-3H3,(H,59,66)/b10-7-,19-16-,25-24-,30-28-,39-36-,44-41+. The van der Waals surface area contributed by atoms with Crippen LogP contribution < -0.4 is 5.32 Å². The van der Waals surface area contributed by atoms with Gasteiger partial charge in [-0.05, 0) is 64.2 Å². The van der Waals surface area contributed by atoms with Crippen LogP contribution in [-0.2, 0) is 23.8 Å². The van der Waals surface area contributed by atoms with Gasteiger partial charge in [-0.15, -0.1) is 0 Å². The number of esters is 1. The van der Waals surface area contributed by atoms with Gasteiger partial charge in [0.25, 0.3) is 0 Å². The molecule has 1 aliphatic heterocycles. The van der Waals surface area contributed by atoms with Gasteiger partial charge in [0.1, 0.15) is 24.4 Å². The largest absolute Gasteiger partial charge is 0.454 e. The predicted octanol–water partition coefficient (Wildman–Crippen LogP) is 12.1. The number of nitrogens with one attached hydrogen (secondary N) is 1. The summed E-state index contributed by atoms with van der Waals surface area (Å²) in [5.41, 5.74) is 0. The van der Waals surface area contributed by atoms with Gasteiger partial charge in [-0.25, -0.2) is 0 Å². The van der Waals surface area contributed by atoms with Crippen LogP contribution in [-0.4, -0.2) is 99.6 Å². The second-order valence-electron chi connectivity index (χ2n) is 18.9. The van der Waals surface area contributed by atoms with E-state index in [1.807, 2.05) is 18.2 Å². The van der Waals surface area contributed by atoms with Crippen molar-refractivity contribution in [3.05, 3.63) is 72.9 Å². The molecule has 0 aliphatic carbocycles. The summed E-state index contributed by atoms with van der Waals surface area (Å²) in [4.78, 5) is 26.4. The first-order chi connectivity index (χ1) is 33.7. The van der Waals surface area contributed by atoms with Crippen LogP contribution in [0.25, 0.3) is 0 Å². The van der Waals surface area contributed by atoms with E-state index in [0.29, 0.717) is 12.8 Å². The fourth-order valence-electron chi connectivity index (χ4n) is 8.21. The molecule has 0 spiro atoms. The highest BCUT2D eigenvalue weighted by atomic mass is 16.7. The molecule has 0 aromatic rings. The Kier molecular flexibility index (Phi) is 42.9. The molecular formula is C58H101NO10. The first-order valence-electron chi connectivity index (χ1n) is 27.7. The van der Waals surface area contributed by atoms with Crippen molar-refractivity contribution in [2.75, 3.05) is 13.2 Å². The minimum absolute atomic E-state index is 0.117. The number of allylic oxidation sites excluding steroid dienone is 11. The lowest BCUT2D eigenvalue weighted by molar-refractivity contribution is -0.305. The molecule has 0 radical (unpaired) electrons. The predicted molar refractivity (Wildman–Crippen MR) is 283 cm³/mol. The number of rotatable bonds is 45. The van der Waals surface area contributed by atoms with Crippen LogP contribution in [0.2, 0.25) is 0 Å². The molecule has 0 aromatic carbocycles. The third-order valence-electron chi connectivity index (χ3n) is 12.6. The Bertz CT molecular complexity index is 1390. The number of unbranched alkanes of at least 4 members (excludes halogenated alkanes) is 21. The van der Waals surface area contributed by atoms with Crippen LogP contribution >= 0.6 is 0 Å². The van der Waals surface area contributed by atoms with E-state index in [1.165, 1.54) is 96.3 Å². The second kappa shape index (κ2) is 46.2. The lowest BCUT2D eigenvalue weighted by Gasteiger charge is -2.41. The maximum absolute atomic E-state index is 13.3. The van der Waals surface area contributed by atoms with E-state index in [1.54, 1.807) is 6.08 Å². The highest BCUT2D eigenvalue weighted by Crippen LogP contribution is 2.26. The summed E-state index contributed by atoms with van der Waals surface area (Å²) in [5.74, 6) is -1.26. The van der Waals surface area contributed by atoms with Crippen molar-refractivity contribution in [2.24, 2.45) is 0 Å². The van der Waals surface area contributed by atoms with Gasteiger partial charge in [0.15, 0.2) is 12.4 Å². The van der Waals surface area contributed by atoms with Crippen molar-refractivity contribution in [3.8, 4) is 0 Å². The van der Waals surface area contributed by atoms with Crippen molar-refractivity contribution in [1.82, 2.24) is 5.32 Å². The zero-order chi connectivity index (χ0) is 50.4. The van der Waals surface area contributed by atoms with E-state index in [2.05, 4.69) is 74.7 Å². The molecule has 1 aliphatic rings. The fraction of sp³-hybridized carbons (Fsp3) is 0.759. The van der Waals surface area contributed by atoms with Gasteiger partial charge in [-0.3, -0.25) is 9.59 Å². The molecule has 0 bridgehead atoms. The van der Waals surface area contributed by atoms with Gasteiger partial charge in [0, 0.05) is 6.42 Å². The highest BCUT2D eigenvalue weighted by molar-refractivity contribution is 5.80. The van der Waals surface area contributed by atoms with E-state index in [9.17, 15) is 35.1 Å². The number of amides is 1. The smallest absolute Gasteiger partial charge is 0.306 e. The van der Waals surface area contributed by atoms with Crippen LogP contribution in [0.5, 0.6) is 0 Å². The van der Waals surface area contributed by atoms with E-state index >= 15 is 0 Å². The molecule has 1 saturated heterocycles. The van der Waals surface area contributed by atoms with Gasteiger partial charge in [-0.2, -0.15) is 0 Å². The maximum atomic E-state index is 13.3. The number of aliphatic hydroxyl groups is 5. The minimum atomic E-state index is -1.62. The second-order valence-corrected chi connectivity index (χ2v) is 18.9. The SMILES string of the molecule is CC/C=C\C/C=C\C/C=C\C/C=C\C/C=C\CCC(O)C(=O)NC(COC1OC(CO)C(O)C(O)C1OC(=O)CCCCCCCCCCCCCCC)C(O)/C=C/CCCCCCCCCCC. The fourth-order valence-corrected chi connectivity index (χ4v) is 8.21. The highest BCUT2D eigenvalue weighted by Gasteiger charge is 2.47. The van der Waals surface area contributed by atoms with Crippen LogP contribution in [0.4, 0.5) is 0 Å². The zero-order valence-electron chi connectivity index (χ0n) is 43.7. The van der Waals surface area contributed by atoms with Crippen LogP contribution in [0.15, 0.2) is 72.9 Å². The van der Waals surface area contributed by atoms with Gasteiger partial charge in [0.05, 0.1) is 25.4 Å². The monoisotopic (exact) mass is 972 g/mol. The number of ether oxygens (including phenoxy) is 3. The summed E-state index contributed by atoms with van der Waals surface area (Å²) < 4.78 is 17.5. The minimum Gasteiger partial charge on any atom is -0.454 e. The van der Waals surface area contributed by atoms with E-state index in [4.69, 9.17) is 14.2 Å². The number of carbonyl (C=O) groups excluding carboxylic acids is 2. The molecule has 398 valence electrons. The number of hydrogen-bond acceptors (Lipinski definition) is 10. The average Bonchev–Trinajstić information content (AvgIpc) is 3.34. The molecule has 11 heteroatoms. The molecule has 6 N–H and O–H groups in total. The van der Waals surface area contributed by atoms with E-state index < -0.39 is 67.4 Å². The van der Waals surface area contributed by atoms with Crippen LogP contribution in [0, 0.1) is 0 Å². The molecule has 11 nitrogen and oxygen atoms in total. The van der Waals surface area contributed by atoms with Gasteiger partial charge < -0.3 is 45.1 Å². The molecule has 69 heavy (non-hydrogen) atoms. The molecule has 1 heterocycles. The van der Waals surface area contributed by atoms with Crippen molar-refractivity contribution >= 4 is 11.9 Å². The van der Waals surface area contributed by atoms with Crippen LogP contribution in [0.3, 0.4) is 0 Å². The number of hydrogen-bond donors (Lipinski definition) is 6. The van der Waals surface area contributed by atoms with Gasteiger partial charge >= 0.3 is 5.97 Å². The molecule has 1 fully saturated rings. The third kappa shape index (κ3) is 35.0. The first kappa shape index (κ1) is 64.1. The lowest BCUT2D eigenvalue weighted by Crippen LogP contribution is -2.61. The van der Waals surface area contributed by atoms with Crippen molar-refractivity contribution in [1.29, 1.82) is 0 Å². The quantitative estimate of drug-likeness (QED) is 0.0196. The Morgan fingerprint density at radius 2 is 1.04 bits per heavy atom. The lowest BCUT2D eigenvalue weighted by atomic mass is 9.99. The van der Waals surface area contributed by atoms with Crippen LogP contribution in [0.1, 0.15) is 220 Å². The van der Waals surface area contributed by atoms with E-state index in [0.717, 1.165) is 77.0 Å². The third-order valence-corrected chi connectivity index (χ3v) is 12.6. The maximum Gasteiger partial charge on any atom is 0.306 e. The number of aliphatic hydroxyl groups excluding tert-OH is 5. The Morgan fingerprint density at radius 3 is 1.54 bits per heavy atom. The van der Waals surface area contributed by atoms with Gasteiger partial charge in [-0.1, -0.05) is 222 Å². The summed E-state index contributed by atoms with van der Waals surface area (Å²) in [6.07, 6.45) is 46.7. The average molecular weight is 972 g/mol. The van der Waals surface area contributed by atoms with E-state index in [-0.39, 0.29) is 19.4 Å². The zero-order valence-corrected chi connectivity index (χ0v) is 43.7. The Hall–Kier alpha value is -2.90. The molecule has 1 amide bonds. The molecule has 0 saturated carbocycles. The Balaban J connectivity index is 2.79. The summed E-state index contributed by atoms with van der Waals surface area (Å²) in [5, 5.41) is 56.6. The molecule has 8 atom stereocenters. The topological polar surface area (TPSA) is 175 Å². The summed E-state index contributed by atoms with van der Waals surface area (Å²) in [6.45, 7) is 5.60. The summed E-state index contributed by atoms with van der Waals surface area (Å²) in [7, 11) is 0. The normalized spacial score (nSPS) is 20.4. The molecule has 0 aromatic heterocycles. The number of carbonyl (C=O) groups is 2. The van der Waals surface area contributed by atoms with Crippen molar-refractivity contribution in [2.45, 2.75) is 269 Å². The Morgan fingerprint density at radius 1 is 0.580 bits per heavy atom. The van der Waals surface area contributed by atoms with Crippen molar-refractivity contribution < 1.29 is 49.3 Å². The molecule has 1 rings (SSSR count). The summed E-state index contributed by atoms with van der Waals surface area (Å²) in [6, 6.07) is -1.05. The summed E-state index contributed by atoms with van der Waals surface area (Å²) >= 11 is 0. The molecule has 8 unspecified atom stereocenters. The van der Waals surface area contributed by atoms with Crippen molar-refractivity contribution in [3.63, 3.8) is 0 Å². The van der Waals surface area contributed by atoms with Gasteiger partial charge in [0.2, 0.25) is 5.91 Å². The Labute approximate surface area is 420 Å². The first-order valence-corrected chi connectivity index (χ1v) is 27.7.